The van der Waals surface area contributed by atoms with Gasteiger partial charge >= 0.3 is 5.69 Å². The van der Waals surface area contributed by atoms with Gasteiger partial charge in [-0.1, -0.05) is 0 Å². The fourth-order valence-electron chi connectivity index (χ4n) is 3.48. The molecule has 2 N–H and O–H groups in total. The zero-order valence-corrected chi connectivity index (χ0v) is 14.4. The molecule has 140 valence electrons. The van der Waals surface area contributed by atoms with Crippen LogP contribution >= 0.6 is 0 Å². The number of carbonyl (C=O) groups excluding carboxylic acids is 1. The number of aromatic nitrogens is 4. The smallest absolute Gasteiger partial charge is 0.328 e. The summed E-state index contributed by atoms with van der Waals surface area (Å²) in [4.78, 5) is 47.3. The molecule has 0 aliphatic carbocycles. The lowest BCUT2D eigenvalue weighted by Gasteiger charge is -2.34. The minimum atomic E-state index is -0.622. The van der Waals surface area contributed by atoms with Gasteiger partial charge in [-0.05, 0) is 37.5 Å². The summed E-state index contributed by atoms with van der Waals surface area (Å²) >= 11 is 0. The average molecular weight is 371 g/mol. The monoisotopic (exact) mass is 371 g/mol. The van der Waals surface area contributed by atoms with Crippen molar-refractivity contribution in [1.29, 1.82) is 0 Å². The average Bonchev–Trinajstić information content (AvgIpc) is 3.07. The maximum Gasteiger partial charge on any atom is 0.328 e. The zero-order chi connectivity index (χ0) is 19.0. The van der Waals surface area contributed by atoms with E-state index in [1.54, 1.807) is 11.0 Å². The van der Waals surface area contributed by atoms with Crippen LogP contribution in [0, 0.1) is 5.82 Å². The lowest BCUT2D eigenvalue weighted by atomic mass is 10.0. The first-order valence-electron chi connectivity index (χ1n) is 8.76. The number of fused-ring (bicyclic) bond motifs is 1. The number of benzene rings is 1. The van der Waals surface area contributed by atoms with E-state index in [0.29, 0.717) is 23.4 Å². The molecular formula is C18H18FN5O3. The van der Waals surface area contributed by atoms with E-state index < -0.39 is 11.2 Å². The number of H-pyrrole nitrogens is 2. The number of hydrogen-bond donors (Lipinski definition) is 2. The highest BCUT2D eigenvalue weighted by atomic mass is 19.1. The molecule has 3 aromatic rings. The van der Waals surface area contributed by atoms with Gasteiger partial charge in [-0.15, -0.1) is 0 Å². The summed E-state index contributed by atoms with van der Waals surface area (Å²) in [7, 11) is 0. The third-order valence-electron chi connectivity index (χ3n) is 4.80. The zero-order valence-electron chi connectivity index (χ0n) is 14.4. The van der Waals surface area contributed by atoms with Crippen LogP contribution < -0.4 is 11.2 Å². The Morgan fingerprint density at radius 2 is 2.07 bits per heavy atom. The van der Waals surface area contributed by atoms with Gasteiger partial charge < -0.3 is 9.88 Å². The van der Waals surface area contributed by atoms with E-state index >= 15 is 0 Å². The van der Waals surface area contributed by atoms with Crippen molar-refractivity contribution in [3.63, 3.8) is 0 Å². The van der Waals surface area contributed by atoms with Crippen molar-refractivity contribution in [1.82, 2.24) is 24.4 Å². The first-order valence-corrected chi connectivity index (χ1v) is 8.76. The molecule has 8 nitrogen and oxygen atoms in total. The minimum Gasteiger partial charge on any atom is -0.340 e. The molecule has 1 aliphatic heterocycles. The van der Waals surface area contributed by atoms with Gasteiger partial charge in [0.1, 0.15) is 18.2 Å². The van der Waals surface area contributed by atoms with Crippen LogP contribution in [-0.2, 0) is 11.3 Å². The second kappa shape index (κ2) is 6.82. The number of piperidine rings is 1. The quantitative estimate of drug-likeness (QED) is 0.724. The van der Waals surface area contributed by atoms with Crippen molar-refractivity contribution in [2.24, 2.45) is 0 Å². The largest absolute Gasteiger partial charge is 0.340 e. The second-order valence-corrected chi connectivity index (χ2v) is 6.62. The predicted octanol–water partition coefficient (Wildman–Crippen LogP) is 1.31. The predicted molar refractivity (Wildman–Crippen MR) is 95.7 cm³/mol. The Bertz CT molecular complexity index is 1120. The maximum absolute atomic E-state index is 13.4. The fraction of sp³-hybridized carbons (Fsp3) is 0.333. The lowest BCUT2D eigenvalue weighted by molar-refractivity contribution is -0.136. The molecule has 0 saturated carbocycles. The SMILES string of the molecule is O=C(Cn1ccc(=O)[nH]c1=O)N1CCCCC1c1nc2ccc(F)cc2[nH]1. The van der Waals surface area contributed by atoms with Crippen LogP contribution in [0.1, 0.15) is 31.1 Å². The summed E-state index contributed by atoms with van der Waals surface area (Å²) in [5.41, 5.74) is 0.0960. The van der Waals surface area contributed by atoms with E-state index in [2.05, 4.69) is 15.0 Å². The van der Waals surface area contributed by atoms with E-state index in [9.17, 15) is 18.8 Å². The Hall–Kier alpha value is -3.23. The van der Waals surface area contributed by atoms with Gasteiger partial charge in [0, 0.05) is 18.8 Å². The summed E-state index contributed by atoms with van der Waals surface area (Å²) in [5, 5.41) is 0. The van der Waals surface area contributed by atoms with Crippen LogP contribution in [0.5, 0.6) is 0 Å². The van der Waals surface area contributed by atoms with Gasteiger partial charge in [0.05, 0.1) is 17.1 Å². The normalized spacial score (nSPS) is 17.4. The van der Waals surface area contributed by atoms with Gasteiger partial charge in [-0.2, -0.15) is 0 Å². The molecule has 3 heterocycles. The van der Waals surface area contributed by atoms with E-state index in [-0.39, 0.29) is 24.3 Å². The number of likely N-dealkylation sites (tertiary alicyclic amines) is 1. The van der Waals surface area contributed by atoms with Crippen LogP contribution in [0.15, 0.2) is 40.1 Å². The molecule has 1 fully saturated rings. The van der Waals surface area contributed by atoms with E-state index in [0.717, 1.165) is 19.3 Å². The van der Waals surface area contributed by atoms with Crippen molar-refractivity contribution in [3.8, 4) is 0 Å². The van der Waals surface area contributed by atoms with Crippen molar-refractivity contribution in [2.75, 3.05) is 6.54 Å². The first kappa shape index (κ1) is 17.2. The van der Waals surface area contributed by atoms with Crippen molar-refractivity contribution in [3.05, 3.63) is 62.9 Å². The Balaban J connectivity index is 1.62. The molecule has 1 aromatic carbocycles. The molecule has 1 amide bonds. The number of imidazole rings is 1. The molecule has 0 bridgehead atoms. The Morgan fingerprint density at radius 3 is 2.89 bits per heavy atom. The molecular weight excluding hydrogens is 353 g/mol. The molecule has 1 unspecified atom stereocenters. The lowest BCUT2D eigenvalue weighted by Crippen LogP contribution is -2.42. The number of nitrogens with zero attached hydrogens (tertiary/aromatic N) is 3. The Labute approximate surface area is 152 Å². The fourth-order valence-corrected chi connectivity index (χ4v) is 3.48. The highest BCUT2D eigenvalue weighted by Gasteiger charge is 2.30. The number of halogens is 1. The Kier molecular flexibility index (Phi) is 4.35. The standard InChI is InChI=1S/C18H18FN5O3/c19-11-4-5-12-13(9-11)21-17(20-12)14-3-1-2-7-24(14)16(26)10-23-8-6-15(25)22-18(23)27/h4-6,8-9,14H,1-3,7,10H2,(H,20,21)(H,22,25,27). The molecule has 1 atom stereocenters. The molecule has 1 aliphatic rings. The number of nitrogens with one attached hydrogen (secondary N) is 2. The van der Waals surface area contributed by atoms with Gasteiger partial charge in [0.2, 0.25) is 5.91 Å². The second-order valence-electron chi connectivity index (χ2n) is 6.62. The molecule has 9 heteroatoms. The number of amides is 1. The summed E-state index contributed by atoms with van der Waals surface area (Å²) < 4.78 is 14.6. The number of aromatic amines is 2. The first-order chi connectivity index (χ1) is 13.0. The molecule has 0 radical (unpaired) electrons. The maximum atomic E-state index is 13.4. The molecule has 4 rings (SSSR count). The topological polar surface area (TPSA) is 104 Å². The van der Waals surface area contributed by atoms with Gasteiger partial charge in [-0.25, -0.2) is 14.2 Å². The summed E-state index contributed by atoms with van der Waals surface area (Å²) in [6.45, 7) is 0.383. The van der Waals surface area contributed by atoms with Gasteiger partial charge in [-0.3, -0.25) is 19.1 Å². The van der Waals surface area contributed by atoms with Crippen LogP contribution in [-0.4, -0.2) is 36.9 Å². The number of rotatable bonds is 3. The molecule has 0 spiro atoms. The summed E-state index contributed by atoms with van der Waals surface area (Å²) in [6.07, 6.45) is 3.84. The van der Waals surface area contributed by atoms with Crippen LogP contribution in [0.4, 0.5) is 4.39 Å². The van der Waals surface area contributed by atoms with Gasteiger partial charge in [0.15, 0.2) is 0 Å². The van der Waals surface area contributed by atoms with Crippen LogP contribution in [0.2, 0.25) is 0 Å². The summed E-state index contributed by atoms with van der Waals surface area (Å²) in [6, 6.07) is 5.26. The number of hydrogen-bond acceptors (Lipinski definition) is 4. The Morgan fingerprint density at radius 1 is 1.22 bits per heavy atom. The van der Waals surface area contributed by atoms with Gasteiger partial charge in [0.25, 0.3) is 5.56 Å². The van der Waals surface area contributed by atoms with Crippen LogP contribution in [0.25, 0.3) is 11.0 Å². The number of carbonyl (C=O) groups is 1. The van der Waals surface area contributed by atoms with Crippen LogP contribution in [0.3, 0.4) is 0 Å². The van der Waals surface area contributed by atoms with E-state index in [1.807, 2.05) is 0 Å². The summed E-state index contributed by atoms with van der Waals surface area (Å²) in [5.74, 6) is 0.0182. The third-order valence-corrected chi connectivity index (χ3v) is 4.80. The van der Waals surface area contributed by atoms with Crippen molar-refractivity contribution >= 4 is 16.9 Å². The highest BCUT2D eigenvalue weighted by Crippen LogP contribution is 2.30. The van der Waals surface area contributed by atoms with Crippen molar-refractivity contribution < 1.29 is 9.18 Å². The third kappa shape index (κ3) is 3.40. The minimum absolute atomic E-state index is 0.166. The molecule has 2 aromatic heterocycles. The van der Waals surface area contributed by atoms with Crippen molar-refractivity contribution in [2.45, 2.75) is 31.8 Å². The van der Waals surface area contributed by atoms with E-state index in [1.165, 1.54) is 29.0 Å². The van der Waals surface area contributed by atoms with E-state index in [4.69, 9.17) is 0 Å². The molecule has 27 heavy (non-hydrogen) atoms. The molecule has 1 saturated heterocycles. The highest BCUT2D eigenvalue weighted by molar-refractivity contribution is 5.77.